The van der Waals surface area contributed by atoms with Crippen molar-refractivity contribution in [3.63, 3.8) is 0 Å². The number of carbonyl (C=O) groups excluding carboxylic acids is 1. The Labute approximate surface area is 180 Å². The van der Waals surface area contributed by atoms with E-state index in [-0.39, 0.29) is 38.4 Å². The fraction of sp³-hybridized carbons (Fsp3) is 0.211. The van der Waals surface area contributed by atoms with E-state index in [9.17, 15) is 24.8 Å². The first-order valence-electron chi connectivity index (χ1n) is 8.69. The molecule has 1 unspecified atom stereocenters. The molecule has 1 aromatic heterocycles. The zero-order valence-electron chi connectivity index (χ0n) is 15.9. The number of aliphatic carboxylic acids is 1. The van der Waals surface area contributed by atoms with Crippen LogP contribution in [0, 0.1) is 10.1 Å². The van der Waals surface area contributed by atoms with Gasteiger partial charge in [-0.2, -0.15) is 0 Å². The topological polar surface area (TPSA) is 123 Å². The molecular formula is C19H16N2O7S2. The Morgan fingerprint density at radius 2 is 2.17 bits per heavy atom. The average Bonchev–Trinajstić information content (AvgIpc) is 3.28. The molecule has 1 aliphatic rings. The maximum absolute atomic E-state index is 12.7. The van der Waals surface area contributed by atoms with Crippen molar-refractivity contribution in [3.8, 4) is 17.1 Å². The van der Waals surface area contributed by atoms with E-state index in [1.54, 1.807) is 25.1 Å². The molecule has 11 heteroatoms. The molecule has 0 radical (unpaired) electrons. The summed E-state index contributed by atoms with van der Waals surface area (Å²) in [5.41, 5.74) is 0.0683. The molecule has 2 heterocycles. The zero-order chi connectivity index (χ0) is 22.0. The first kappa shape index (κ1) is 21.5. The number of nitrogens with zero attached hydrogens (tertiary/aromatic N) is 2. The molecule has 30 heavy (non-hydrogen) atoms. The van der Waals surface area contributed by atoms with Crippen molar-refractivity contribution in [2.24, 2.45) is 0 Å². The predicted molar refractivity (Wildman–Crippen MR) is 114 cm³/mol. The number of carbonyl (C=O) groups is 2. The minimum Gasteiger partial charge on any atom is -0.497 e. The fourth-order valence-electron chi connectivity index (χ4n) is 2.92. The molecule has 2 aromatic rings. The van der Waals surface area contributed by atoms with Gasteiger partial charge in [-0.15, -0.1) is 0 Å². The van der Waals surface area contributed by atoms with Crippen LogP contribution in [-0.4, -0.2) is 44.3 Å². The van der Waals surface area contributed by atoms with Crippen LogP contribution in [0.3, 0.4) is 0 Å². The zero-order valence-corrected chi connectivity index (χ0v) is 17.5. The number of methoxy groups -OCH3 is 1. The molecule has 0 bridgehead atoms. The normalized spacial score (nSPS) is 16.2. The molecule has 1 aromatic carbocycles. The first-order chi connectivity index (χ1) is 14.3. The second-order valence-corrected chi connectivity index (χ2v) is 7.83. The van der Waals surface area contributed by atoms with Gasteiger partial charge in [0, 0.05) is 6.08 Å². The highest BCUT2D eigenvalue weighted by Crippen LogP contribution is 2.37. The number of furan rings is 1. The third-order valence-corrected chi connectivity index (χ3v) is 5.70. The summed E-state index contributed by atoms with van der Waals surface area (Å²) >= 11 is 6.15. The lowest BCUT2D eigenvalue weighted by Gasteiger charge is -2.21. The van der Waals surface area contributed by atoms with Crippen molar-refractivity contribution in [2.75, 3.05) is 7.11 Å². The second-order valence-electron chi connectivity index (χ2n) is 6.16. The number of benzene rings is 1. The summed E-state index contributed by atoms with van der Waals surface area (Å²) in [7, 11) is 1.41. The van der Waals surface area contributed by atoms with E-state index in [1.165, 1.54) is 25.3 Å². The summed E-state index contributed by atoms with van der Waals surface area (Å²) < 4.78 is 10.9. The van der Waals surface area contributed by atoms with Gasteiger partial charge >= 0.3 is 5.97 Å². The maximum Gasteiger partial charge on any atom is 0.326 e. The van der Waals surface area contributed by atoms with Crippen LogP contribution < -0.4 is 4.74 Å². The summed E-state index contributed by atoms with van der Waals surface area (Å²) in [4.78, 5) is 36.2. The molecule has 1 fully saturated rings. The van der Waals surface area contributed by atoms with Crippen LogP contribution in [0.4, 0.5) is 5.69 Å². The van der Waals surface area contributed by atoms with Crippen molar-refractivity contribution in [3.05, 3.63) is 51.1 Å². The molecule has 9 nitrogen and oxygen atoms in total. The Kier molecular flexibility index (Phi) is 6.22. The number of nitro groups is 1. The van der Waals surface area contributed by atoms with Gasteiger partial charge in [0.25, 0.3) is 11.6 Å². The highest BCUT2D eigenvalue weighted by Gasteiger charge is 2.39. The number of carboxylic acid groups (broad SMARTS) is 1. The van der Waals surface area contributed by atoms with E-state index < -0.39 is 22.8 Å². The average molecular weight is 448 g/mol. The third kappa shape index (κ3) is 4.07. The number of hydrogen-bond donors (Lipinski definition) is 1. The molecule has 156 valence electrons. The van der Waals surface area contributed by atoms with Crippen LogP contribution in [0.1, 0.15) is 19.1 Å². The summed E-state index contributed by atoms with van der Waals surface area (Å²) in [5, 5.41) is 20.7. The van der Waals surface area contributed by atoms with Gasteiger partial charge in [0.15, 0.2) is 0 Å². The molecule has 1 atom stereocenters. The van der Waals surface area contributed by atoms with Crippen LogP contribution in [0.5, 0.6) is 5.75 Å². The van der Waals surface area contributed by atoms with E-state index in [0.29, 0.717) is 5.75 Å². The lowest BCUT2D eigenvalue weighted by Crippen LogP contribution is -2.43. The van der Waals surface area contributed by atoms with E-state index in [2.05, 4.69) is 0 Å². The summed E-state index contributed by atoms with van der Waals surface area (Å²) in [6.07, 6.45) is 1.65. The lowest BCUT2D eigenvalue weighted by molar-refractivity contribution is -0.384. The summed E-state index contributed by atoms with van der Waals surface area (Å²) in [6, 6.07) is 6.44. The number of rotatable bonds is 7. The van der Waals surface area contributed by atoms with E-state index in [4.69, 9.17) is 21.4 Å². The van der Waals surface area contributed by atoms with Crippen molar-refractivity contribution in [1.82, 2.24) is 4.90 Å². The van der Waals surface area contributed by atoms with Gasteiger partial charge in [0.05, 0.1) is 28.6 Å². The molecule has 1 saturated heterocycles. The molecule has 1 N–H and O–H groups in total. The van der Waals surface area contributed by atoms with Gasteiger partial charge < -0.3 is 14.3 Å². The molecule has 1 amide bonds. The lowest BCUT2D eigenvalue weighted by atomic mass is 10.1. The Morgan fingerprint density at radius 3 is 2.77 bits per heavy atom. The van der Waals surface area contributed by atoms with E-state index in [1.807, 2.05) is 0 Å². The Morgan fingerprint density at radius 1 is 1.43 bits per heavy atom. The van der Waals surface area contributed by atoms with Crippen molar-refractivity contribution in [2.45, 2.75) is 19.4 Å². The molecule has 3 rings (SSSR count). The number of ether oxygens (including phenoxy) is 1. The number of carboxylic acids is 1. The van der Waals surface area contributed by atoms with Gasteiger partial charge in [-0.05, 0) is 30.7 Å². The van der Waals surface area contributed by atoms with E-state index >= 15 is 0 Å². The third-order valence-electron chi connectivity index (χ3n) is 4.37. The smallest absolute Gasteiger partial charge is 0.326 e. The minimum absolute atomic E-state index is 0.151. The first-order valence-corrected chi connectivity index (χ1v) is 9.91. The SMILES string of the molecule is CCC(C(=O)O)N1C(=O)/C(=C\c2ccc(-c3ccc(OC)cc3[N+](=O)[O-])o2)SC1=S. The van der Waals surface area contributed by atoms with Crippen LogP contribution in [0.15, 0.2) is 39.7 Å². The maximum atomic E-state index is 12.7. The molecule has 0 spiro atoms. The van der Waals surface area contributed by atoms with Crippen LogP contribution in [0.25, 0.3) is 17.4 Å². The molecule has 0 saturated carbocycles. The molecule has 1 aliphatic heterocycles. The number of nitro benzene ring substituents is 1. The van der Waals surface area contributed by atoms with Gasteiger partial charge in [0.2, 0.25) is 0 Å². The standard InChI is InChI=1S/C19H16N2O7S2/c1-3-13(18(23)24)20-17(22)16(30-19(20)29)9-11-5-7-15(28-11)12-6-4-10(27-2)8-14(12)21(25)26/h4-9,13H,3H2,1-2H3,(H,23,24)/b16-9+. The van der Waals surface area contributed by atoms with Gasteiger partial charge in [-0.25, -0.2) is 4.79 Å². The van der Waals surface area contributed by atoms with Crippen LogP contribution in [-0.2, 0) is 9.59 Å². The van der Waals surface area contributed by atoms with Gasteiger partial charge in [0.1, 0.15) is 27.6 Å². The number of hydrogen-bond acceptors (Lipinski definition) is 8. The van der Waals surface area contributed by atoms with Crippen molar-refractivity contribution >= 4 is 51.9 Å². The largest absolute Gasteiger partial charge is 0.497 e. The summed E-state index contributed by atoms with van der Waals surface area (Å²) in [5.74, 6) is -0.804. The second kappa shape index (κ2) is 8.67. The molecular weight excluding hydrogens is 432 g/mol. The fourth-order valence-corrected chi connectivity index (χ4v) is 4.26. The monoisotopic (exact) mass is 448 g/mol. The minimum atomic E-state index is -1.14. The summed E-state index contributed by atoms with van der Waals surface area (Å²) in [6.45, 7) is 1.65. The highest BCUT2D eigenvalue weighted by atomic mass is 32.2. The van der Waals surface area contributed by atoms with E-state index in [0.717, 1.165) is 16.7 Å². The highest BCUT2D eigenvalue weighted by molar-refractivity contribution is 8.26. The Bertz CT molecular complexity index is 1080. The Balaban J connectivity index is 1.92. The van der Waals surface area contributed by atoms with Crippen molar-refractivity contribution < 1.29 is 28.8 Å². The quantitative estimate of drug-likeness (QED) is 0.290. The Hall–Kier alpha value is -3.18. The predicted octanol–water partition coefficient (Wildman–Crippen LogP) is 3.93. The molecule has 0 aliphatic carbocycles. The van der Waals surface area contributed by atoms with Crippen molar-refractivity contribution in [1.29, 1.82) is 0 Å². The van der Waals surface area contributed by atoms with Crippen LogP contribution in [0.2, 0.25) is 0 Å². The van der Waals surface area contributed by atoms with Crippen LogP contribution >= 0.6 is 24.0 Å². The number of thiocarbonyl (C=S) groups is 1. The van der Waals surface area contributed by atoms with Gasteiger partial charge in [-0.3, -0.25) is 19.8 Å². The number of amides is 1. The van der Waals surface area contributed by atoms with Gasteiger partial charge in [-0.1, -0.05) is 30.9 Å². The number of thioether (sulfide) groups is 1.